The van der Waals surface area contributed by atoms with Gasteiger partial charge in [0, 0.05) is 27.9 Å². The van der Waals surface area contributed by atoms with Crippen LogP contribution in [0, 0.1) is 69.8 Å². The molecule has 2 aliphatic rings. The van der Waals surface area contributed by atoms with Gasteiger partial charge in [-0.25, -0.2) is 52.7 Å². The fourth-order valence-electron chi connectivity index (χ4n) is 13.2. The first-order valence-electron chi connectivity index (χ1n) is 29.5. The Morgan fingerprint density at radius 1 is 0.330 bits per heavy atom. The lowest BCUT2D eigenvalue weighted by Gasteiger charge is -2.46. The summed E-state index contributed by atoms with van der Waals surface area (Å²) < 4.78 is 182. The van der Waals surface area contributed by atoms with E-state index < -0.39 is 69.8 Å². The van der Waals surface area contributed by atoms with E-state index in [-0.39, 0.29) is 72.3 Å². The fraction of sp³-hybridized carbons (Fsp3) is 0.184. The molecule has 15 heteroatoms. The Balaban J connectivity index is 0.00000800. The second kappa shape index (κ2) is 23.2. The molecule has 462 valence electrons. The number of halogens is 13. The first-order chi connectivity index (χ1) is 42.7. The second-order valence-electron chi connectivity index (χ2n) is 26.0. The van der Waals surface area contributed by atoms with E-state index >= 15 is 35.1 Å². The predicted octanol–water partition coefficient (Wildman–Crippen LogP) is 18.3. The number of rotatable bonds is 7. The van der Waals surface area contributed by atoms with E-state index in [0.29, 0.717) is 66.0 Å². The average molecular weight is 1310 g/mol. The maximum absolute atomic E-state index is 15.3. The molecule has 13 rings (SSSR count). The molecule has 2 aliphatic heterocycles. The van der Waals surface area contributed by atoms with Gasteiger partial charge in [0.05, 0.1) is 26.2 Å². The van der Waals surface area contributed by atoms with Crippen molar-refractivity contribution in [1.29, 1.82) is 0 Å². The van der Waals surface area contributed by atoms with Gasteiger partial charge in [-0.2, -0.15) is 0 Å². The molecule has 0 aliphatic carbocycles. The van der Waals surface area contributed by atoms with Crippen molar-refractivity contribution in [2.75, 3.05) is 31.1 Å². The number of benzene rings is 11. The van der Waals surface area contributed by atoms with Crippen molar-refractivity contribution in [1.82, 2.24) is 0 Å². The van der Waals surface area contributed by atoms with Crippen molar-refractivity contribution in [3.8, 4) is 77.9 Å². The topological polar surface area (TPSA) is 3.24 Å². The number of nitrogens with zero attached hydrogens (tertiary/aromatic N) is 2. The highest BCUT2D eigenvalue weighted by atomic mass is 79.9. The molecule has 11 aromatic rings. The van der Waals surface area contributed by atoms with Gasteiger partial charge >= 0.3 is 0 Å². The molecule has 1 saturated heterocycles. The van der Waals surface area contributed by atoms with E-state index in [1.165, 1.54) is 23.3 Å². The third-order valence-corrected chi connectivity index (χ3v) is 18.0. The number of fused-ring (bicyclic) bond motifs is 7. The summed E-state index contributed by atoms with van der Waals surface area (Å²) in [5.74, 6) is -18.6. The molecule has 0 amide bonds. The first kappa shape index (κ1) is 62.5. The van der Waals surface area contributed by atoms with Crippen LogP contribution in [0.5, 0.6) is 0 Å². The summed E-state index contributed by atoms with van der Waals surface area (Å²) >= 11 is 0. The minimum absolute atomic E-state index is 0. The monoisotopic (exact) mass is 1300 g/mol. The molecular weight excluding hydrogens is 1250 g/mol. The van der Waals surface area contributed by atoms with Crippen LogP contribution in [0.1, 0.15) is 63.8 Å². The third-order valence-electron chi connectivity index (χ3n) is 18.0. The molecular formula is C76H57BrF12N2. The average Bonchev–Trinajstić information content (AvgIpc) is 1.66. The number of piperazine rings is 1. The Morgan fingerprint density at radius 3 is 0.901 bits per heavy atom. The molecule has 11 aromatic carbocycles. The zero-order valence-electron chi connectivity index (χ0n) is 50.1. The minimum atomic E-state index is -1.70. The number of hydrogen-bond donors (Lipinski definition) is 0. The van der Waals surface area contributed by atoms with Crippen LogP contribution in [-0.2, 0) is 23.9 Å². The van der Waals surface area contributed by atoms with Crippen LogP contribution < -0.4 is 21.9 Å². The SMILES string of the molecule is CC(C)(C)c1cc(N2CC[N+]3(CC2)Cc2c(-c4cc(-c5cc(F)c(F)c(F)c5)cc(-c5cc(F)c(F)c(F)c5)c4)cc4ccccc4c2-c2c(c(-c4cc(-c5cc(F)c(F)c(F)c5)cc(-c5cc(F)c(F)c(F)c5)c4)cc4ccccc24)C3)cc(C(C)(C)C)c1.[Br-]. The summed E-state index contributed by atoms with van der Waals surface area (Å²) in [7, 11) is 0. The van der Waals surface area contributed by atoms with Gasteiger partial charge in [0.15, 0.2) is 69.8 Å². The molecule has 0 N–H and O–H groups in total. The predicted molar refractivity (Wildman–Crippen MR) is 332 cm³/mol. The van der Waals surface area contributed by atoms with Crippen LogP contribution in [-0.4, -0.2) is 30.7 Å². The summed E-state index contributed by atoms with van der Waals surface area (Å²) in [5.41, 5.74) is 8.33. The summed E-state index contributed by atoms with van der Waals surface area (Å²) in [6.07, 6.45) is 0. The molecule has 0 saturated carbocycles. The Labute approximate surface area is 529 Å². The zero-order chi connectivity index (χ0) is 63.6. The lowest BCUT2D eigenvalue weighted by Crippen LogP contribution is -3.00. The smallest absolute Gasteiger partial charge is 0.194 e. The highest BCUT2D eigenvalue weighted by Crippen LogP contribution is 2.52. The van der Waals surface area contributed by atoms with Crippen LogP contribution in [0.25, 0.3) is 99.4 Å². The van der Waals surface area contributed by atoms with Crippen LogP contribution >= 0.6 is 0 Å². The Hall–Kier alpha value is -8.66. The minimum Gasteiger partial charge on any atom is -1.00 e. The molecule has 1 spiro atoms. The van der Waals surface area contributed by atoms with Gasteiger partial charge in [0.25, 0.3) is 0 Å². The van der Waals surface area contributed by atoms with Gasteiger partial charge in [-0.05, 0) is 219 Å². The van der Waals surface area contributed by atoms with Crippen molar-refractivity contribution >= 4 is 27.2 Å². The largest absolute Gasteiger partial charge is 1.00 e. The van der Waals surface area contributed by atoms with Gasteiger partial charge in [-0.15, -0.1) is 0 Å². The highest BCUT2D eigenvalue weighted by Gasteiger charge is 2.41. The second-order valence-corrected chi connectivity index (χ2v) is 26.0. The summed E-state index contributed by atoms with van der Waals surface area (Å²) in [5, 5.41) is 3.07. The van der Waals surface area contributed by atoms with Gasteiger partial charge in [0.2, 0.25) is 0 Å². The van der Waals surface area contributed by atoms with Crippen LogP contribution in [0.3, 0.4) is 0 Å². The molecule has 0 atom stereocenters. The van der Waals surface area contributed by atoms with Crippen LogP contribution in [0.15, 0.2) is 164 Å². The van der Waals surface area contributed by atoms with Crippen molar-refractivity contribution in [2.45, 2.75) is 65.5 Å². The maximum Gasteiger partial charge on any atom is 0.194 e. The number of anilines is 1. The maximum atomic E-state index is 15.3. The van der Waals surface area contributed by atoms with E-state index in [9.17, 15) is 17.6 Å². The lowest BCUT2D eigenvalue weighted by atomic mass is 9.80. The summed E-state index contributed by atoms with van der Waals surface area (Å²) in [4.78, 5) is 2.39. The third kappa shape index (κ3) is 11.5. The molecule has 0 radical (unpaired) electrons. The Morgan fingerprint density at radius 2 is 0.604 bits per heavy atom. The van der Waals surface area contributed by atoms with Gasteiger partial charge in [-0.1, -0.05) is 96.1 Å². The van der Waals surface area contributed by atoms with Crippen molar-refractivity contribution in [2.24, 2.45) is 0 Å². The summed E-state index contributed by atoms with van der Waals surface area (Å²) in [6, 6.07) is 42.3. The molecule has 1 fully saturated rings. The van der Waals surface area contributed by atoms with E-state index in [0.717, 1.165) is 98.0 Å². The quantitative estimate of drug-likeness (QED) is 0.0873. The van der Waals surface area contributed by atoms with Crippen LogP contribution in [0.2, 0.25) is 0 Å². The molecule has 0 aromatic heterocycles. The van der Waals surface area contributed by atoms with Gasteiger partial charge in [-0.3, -0.25) is 0 Å². The van der Waals surface area contributed by atoms with Crippen molar-refractivity contribution in [3.05, 3.63) is 256 Å². The molecule has 0 unspecified atom stereocenters. The first-order valence-corrected chi connectivity index (χ1v) is 29.5. The van der Waals surface area contributed by atoms with E-state index in [1.807, 2.05) is 60.7 Å². The lowest BCUT2D eigenvalue weighted by molar-refractivity contribution is -0.953. The number of hydrogen-bond acceptors (Lipinski definition) is 1. The Kier molecular flexibility index (Phi) is 16.0. The zero-order valence-corrected chi connectivity index (χ0v) is 51.7. The molecule has 2 heterocycles. The Bertz CT molecular complexity index is 4270. The highest BCUT2D eigenvalue weighted by molar-refractivity contribution is 6.12. The van der Waals surface area contributed by atoms with Crippen LogP contribution in [0.4, 0.5) is 58.4 Å². The summed E-state index contributed by atoms with van der Waals surface area (Å²) in [6.45, 7) is 15.9. The van der Waals surface area contributed by atoms with E-state index in [2.05, 4.69) is 64.6 Å². The molecule has 0 bridgehead atoms. The van der Waals surface area contributed by atoms with Gasteiger partial charge in [0.1, 0.15) is 13.1 Å². The fourth-order valence-corrected chi connectivity index (χ4v) is 13.2. The van der Waals surface area contributed by atoms with E-state index in [4.69, 9.17) is 0 Å². The standard InChI is InChI=1S/C76H57F12N2.BrH/c1-75(2,3)52-35-53(76(4,5)6)37-54(36-52)89-15-17-90(18-16-89)38-59-57(50-21-42(46-27-61(77)71(85)62(78)28-46)19-43(22-50)47-29-63(79)72(86)64(80)30-47)25-40-11-7-9-13-55(40)69(59)70-56-14-10-8-12-41(56)26-58(60(70)39-90)51-23-44(48-31-65(81)73(87)66(82)32-48)20-45(24-51)49-33-67(83)74(88)68(84)34-49;/h7-14,19-37H,15-18,38-39H2,1-6H3;1H/q+1;/p-1. The normalized spacial score (nSPS) is 14.0. The van der Waals surface area contributed by atoms with Crippen molar-refractivity contribution in [3.63, 3.8) is 0 Å². The molecule has 91 heavy (non-hydrogen) atoms. The number of quaternary nitrogens is 1. The van der Waals surface area contributed by atoms with Crippen molar-refractivity contribution < 1.29 is 74.1 Å². The molecule has 2 nitrogen and oxygen atoms in total. The van der Waals surface area contributed by atoms with Gasteiger partial charge < -0.3 is 26.4 Å². The van der Waals surface area contributed by atoms with E-state index in [1.54, 1.807) is 24.3 Å².